The van der Waals surface area contributed by atoms with Gasteiger partial charge in [-0.05, 0) is 49.2 Å². The summed E-state index contributed by atoms with van der Waals surface area (Å²) in [6, 6.07) is 11.0. The van der Waals surface area contributed by atoms with Crippen molar-refractivity contribution in [3.8, 4) is 0 Å². The minimum absolute atomic E-state index is 0.169. The number of rotatable bonds is 2. The Bertz CT molecular complexity index is 640. The fourth-order valence-electron chi connectivity index (χ4n) is 1.61. The normalized spacial score (nSPS) is 10.3. The van der Waals surface area contributed by atoms with Crippen molar-refractivity contribution in [3.63, 3.8) is 0 Å². The van der Waals surface area contributed by atoms with Crippen molar-refractivity contribution in [3.05, 3.63) is 62.6 Å². The lowest BCUT2D eigenvalue weighted by Gasteiger charge is -2.08. The third-order valence-electron chi connectivity index (χ3n) is 2.86. The second kappa shape index (κ2) is 5.76. The first-order valence-electron chi connectivity index (χ1n) is 5.81. The molecular formula is C15H13BrClNO. The fourth-order valence-corrected chi connectivity index (χ4v) is 2.17. The summed E-state index contributed by atoms with van der Waals surface area (Å²) >= 11 is 9.46. The molecule has 2 rings (SSSR count). The maximum absolute atomic E-state index is 12.1. The quantitative estimate of drug-likeness (QED) is 0.823. The first kappa shape index (κ1) is 14.1. The lowest BCUT2D eigenvalue weighted by Crippen LogP contribution is -2.12. The Balaban J connectivity index is 2.20. The largest absolute Gasteiger partial charge is 0.322 e. The zero-order valence-corrected chi connectivity index (χ0v) is 13.0. The van der Waals surface area contributed by atoms with Gasteiger partial charge in [-0.15, -0.1) is 0 Å². The van der Waals surface area contributed by atoms with Crippen LogP contribution in [0.15, 0.2) is 40.9 Å². The Hall–Kier alpha value is -1.32. The molecule has 0 saturated carbocycles. The Kier molecular flexibility index (Phi) is 4.27. The number of benzene rings is 2. The molecule has 0 aliphatic heterocycles. The number of amides is 1. The van der Waals surface area contributed by atoms with E-state index in [1.54, 1.807) is 12.1 Å². The summed E-state index contributed by atoms with van der Waals surface area (Å²) in [5, 5.41) is 3.44. The minimum Gasteiger partial charge on any atom is -0.322 e. The molecule has 1 N–H and O–H groups in total. The minimum atomic E-state index is -0.169. The monoisotopic (exact) mass is 337 g/mol. The highest BCUT2D eigenvalue weighted by Gasteiger charge is 2.08. The van der Waals surface area contributed by atoms with Gasteiger partial charge in [0, 0.05) is 20.7 Å². The van der Waals surface area contributed by atoms with Gasteiger partial charge in [-0.25, -0.2) is 0 Å². The summed E-state index contributed by atoms with van der Waals surface area (Å²) < 4.78 is 0.965. The Morgan fingerprint density at radius 2 is 1.79 bits per heavy atom. The van der Waals surface area contributed by atoms with Gasteiger partial charge >= 0.3 is 0 Å². The van der Waals surface area contributed by atoms with E-state index in [2.05, 4.69) is 21.2 Å². The molecule has 0 aliphatic carbocycles. The van der Waals surface area contributed by atoms with E-state index in [4.69, 9.17) is 11.6 Å². The average molecular weight is 339 g/mol. The number of carbonyl (C=O) groups is 1. The van der Waals surface area contributed by atoms with Gasteiger partial charge in [0.1, 0.15) is 0 Å². The molecule has 0 unspecified atom stereocenters. The van der Waals surface area contributed by atoms with E-state index in [0.717, 1.165) is 21.3 Å². The van der Waals surface area contributed by atoms with Crippen LogP contribution in [0.3, 0.4) is 0 Å². The maximum atomic E-state index is 12.1. The van der Waals surface area contributed by atoms with Crippen molar-refractivity contribution in [2.24, 2.45) is 0 Å². The molecule has 0 bridgehead atoms. The van der Waals surface area contributed by atoms with Gasteiger partial charge < -0.3 is 5.32 Å². The molecule has 0 radical (unpaired) electrons. The van der Waals surface area contributed by atoms with E-state index in [-0.39, 0.29) is 5.91 Å². The van der Waals surface area contributed by atoms with E-state index in [9.17, 15) is 4.79 Å². The first-order valence-corrected chi connectivity index (χ1v) is 6.98. The van der Waals surface area contributed by atoms with Gasteiger partial charge in [0.15, 0.2) is 0 Å². The van der Waals surface area contributed by atoms with Gasteiger partial charge in [0.25, 0.3) is 5.91 Å². The molecule has 2 nitrogen and oxygen atoms in total. The molecule has 98 valence electrons. The first-order chi connectivity index (χ1) is 8.97. The predicted molar refractivity (Wildman–Crippen MR) is 83.0 cm³/mol. The number of hydrogen-bond acceptors (Lipinski definition) is 1. The summed E-state index contributed by atoms with van der Waals surface area (Å²) in [6.45, 7) is 3.90. The Labute approximate surface area is 125 Å². The van der Waals surface area contributed by atoms with Crippen LogP contribution >= 0.6 is 27.5 Å². The van der Waals surface area contributed by atoms with Crippen LogP contribution in [0.2, 0.25) is 5.02 Å². The number of nitrogens with one attached hydrogen (secondary N) is 1. The number of anilines is 1. The van der Waals surface area contributed by atoms with E-state index < -0.39 is 0 Å². The number of hydrogen-bond donors (Lipinski definition) is 1. The molecule has 0 aromatic heterocycles. The number of halogens is 2. The molecule has 0 heterocycles. The summed E-state index contributed by atoms with van der Waals surface area (Å²) in [4.78, 5) is 12.1. The molecule has 0 fully saturated rings. The summed E-state index contributed by atoms with van der Waals surface area (Å²) in [5.74, 6) is -0.169. The van der Waals surface area contributed by atoms with Crippen LogP contribution in [-0.4, -0.2) is 5.91 Å². The smallest absolute Gasteiger partial charge is 0.255 e. The summed E-state index contributed by atoms with van der Waals surface area (Å²) in [7, 11) is 0. The van der Waals surface area contributed by atoms with Crippen molar-refractivity contribution in [1.82, 2.24) is 0 Å². The van der Waals surface area contributed by atoms with Crippen LogP contribution in [0.4, 0.5) is 5.69 Å². The van der Waals surface area contributed by atoms with E-state index >= 15 is 0 Å². The van der Waals surface area contributed by atoms with Crippen LogP contribution < -0.4 is 5.32 Å². The van der Waals surface area contributed by atoms with Gasteiger partial charge in [0.2, 0.25) is 0 Å². The molecule has 2 aromatic carbocycles. The third-order valence-corrected chi connectivity index (χ3v) is 4.13. The Morgan fingerprint density at radius 3 is 2.42 bits per heavy atom. The molecule has 0 atom stereocenters. The average Bonchev–Trinajstić information content (AvgIpc) is 2.37. The zero-order valence-electron chi connectivity index (χ0n) is 10.6. The SMILES string of the molecule is Cc1ccc(C(=O)Nc2ccc(C)c(Br)c2)cc1Cl. The molecule has 2 aromatic rings. The summed E-state index contributed by atoms with van der Waals surface area (Å²) in [5.41, 5.74) is 3.37. The van der Waals surface area contributed by atoms with Crippen molar-refractivity contribution >= 4 is 39.1 Å². The maximum Gasteiger partial charge on any atom is 0.255 e. The molecule has 19 heavy (non-hydrogen) atoms. The van der Waals surface area contributed by atoms with Crippen LogP contribution in [0.5, 0.6) is 0 Å². The highest BCUT2D eigenvalue weighted by atomic mass is 79.9. The highest BCUT2D eigenvalue weighted by Crippen LogP contribution is 2.22. The van der Waals surface area contributed by atoms with Crippen molar-refractivity contribution < 1.29 is 4.79 Å². The molecule has 4 heteroatoms. The molecule has 1 amide bonds. The van der Waals surface area contributed by atoms with E-state index in [1.807, 2.05) is 38.1 Å². The predicted octanol–water partition coefficient (Wildman–Crippen LogP) is 4.97. The topological polar surface area (TPSA) is 29.1 Å². The second-order valence-electron chi connectivity index (χ2n) is 4.38. The van der Waals surface area contributed by atoms with E-state index in [0.29, 0.717) is 10.6 Å². The van der Waals surface area contributed by atoms with Gasteiger partial charge in [0.05, 0.1) is 0 Å². The van der Waals surface area contributed by atoms with Crippen LogP contribution in [-0.2, 0) is 0 Å². The molecule has 0 spiro atoms. The summed E-state index contributed by atoms with van der Waals surface area (Å²) in [6.07, 6.45) is 0. The van der Waals surface area contributed by atoms with Crippen LogP contribution in [0.25, 0.3) is 0 Å². The van der Waals surface area contributed by atoms with Gasteiger partial charge in [-0.2, -0.15) is 0 Å². The van der Waals surface area contributed by atoms with Crippen LogP contribution in [0, 0.1) is 13.8 Å². The van der Waals surface area contributed by atoms with Crippen molar-refractivity contribution in [2.45, 2.75) is 13.8 Å². The van der Waals surface area contributed by atoms with Crippen molar-refractivity contribution in [1.29, 1.82) is 0 Å². The van der Waals surface area contributed by atoms with Crippen LogP contribution in [0.1, 0.15) is 21.5 Å². The lowest BCUT2D eigenvalue weighted by atomic mass is 10.1. The number of carbonyl (C=O) groups excluding carboxylic acids is 1. The zero-order chi connectivity index (χ0) is 14.0. The Morgan fingerprint density at radius 1 is 1.11 bits per heavy atom. The molecular weight excluding hydrogens is 326 g/mol. The lowest BCUT2D eigenvalue weighted by molar-refractivity contribution is 0.102. The van der Waals surface area contributed by atoms with Gasteiger partial charge in [-0.1, -0.05) is 39.7 Å². The fraction of sp³-hybridized carbons (Fsp3) is 0.133. The standard InChI is InChI=1S/C15H13BrClNO/c1-9-4-6-12(8-13(9)16)18-15(19)11-5-3-10(2)14(17)7-11/h3-8H,1-2H3,(H,18,19). The molecule has 0 aliphatic rings. The number of aryl methyl sites for hydroxylation is 2. The van der Waals surface area contributed by atoms with Crippen molar-refractivity contribution in [2.75, 3.05) is 5.32 Å². The molecule has 0 saturated heterocycles. The highest BCUT2D eigenvalue weighted by molar-refractivity contribution is 9.10. The van der Waals surface area contributed by atoms with E-state index in [1.165, 1.54) is 0 Å². The van der Waals surface area contributed by atoms with Gasteiger partial charge in [-0.3, -0.25) is 4.79 Å². The second-order valence-corrected chi connectivity index (χ2v) is 5.64. The third kappa shape index (κ3) is 3.37.